The quantitative estimate of drug-likeness (QED) is 0.822. The van der Waals surface area contributed by atoms with Crippen LogP contribution in [0, 0.1) is 6.92 Å². The molecule has 110 valence electrons. The molecule has 2 heterocycles. The molecule has 20 heavy (non-hydrogen) atoms. The summed E-state index contributed by atoms with van der Waals surface area (Å²) in [4.78, 5) is 0.0513. The molecule has 0 aliphatic carbocycles. The molecule has 1 N–H and O–H groups in total. The third-order valence-electron chi connectivity index (χ3n) is 3.47. The summed E-state index contributed by atoms with van der Waals surface area (Å²) < 4.78 is 40.2. The minimum atomic E-state index is -3.95. The highest BCUT2D eigenvalue weighted by atomic mass is 32.2. The molecule has 1 aromatic carbocycles. The van der Waals surface area contributed by atoms with Crippen molar-refractivity contribution >= 4 is 10.1 Å². The van der Waals surface area contributed by atoms with Gasteiger partial charge in [-0.1, -0.05) is 17.7 Å². The Balaban J connectivity index is 1.80. The van der Waals surface area contributed by atoms with Gasteiger partial charge < -0.3 is 14.6 Å². The van der Waals surface area contributed by atoms with Crippen molar-refractivity contribution in [1.82, 2.24) is 0 Å². The van der Waals surface area contributed by atoms with Crippen molar-refractivity contribution in [2.45, 2.75) is 42.8 Å². The number of benzene rings is 1. The second-order valence-corrected chi connectivity index (χ2v) is 6.66. The molecular formula is C13H16O6S. The highest BCUT2D eigenvalue weighted by Crippen LogP contribution is 2.31. The molecular weight excluding hydrogens is 284 g/mol. The van der Waals surface area contributed by atoms with Crippen LogP contribution in [-0.2, 0) is 23.8 Å². The zero-order chi connectivity index (χ0) is 14.3. The van der Waals surface area contributed by atoms with Crippen molar-refractivity contribution in [3.05, 3.63) is 29.8 Å². The Hall–Kier alpha value is -0.990. The van der Waals surface area contributed by atoms with E-state index in [0.29, 0.717) is 13.0 Å². The van der Waals surface area contributed by atoms with Crippen LogP contribution in [0.25, 0.3) is 0 Å². The summed E-state index contributed by atoms with van der Waals surface area (Å²) in [6, 6.07) is 6.32. The molecule has 0 radical (unpaired) electrons. The summed E-state index contributed by atoms with van der Waals surface area (Å²) in [7, 11) is -3.95. The lowest BCUT2D eigenvalue weighted by Crippen LogP contribution is -2.46. The number of aliphatic hydroxyl groups excluding tert-OH is 1. The topological polar surface area (TPSA) is 82.1 Å². The predicted octanol–water partition coefficient (Wildman–Crippen LogP) is 0.575. The Morgan fingerprint density at radius 3 is 2.70 bits per heavy atom. The van der Waals surface area contributed by atoms with Gasteiger partial charge in [0.25, 0.3) is 10.1 Å². The van der Waals surface area contributed by atoms with Crippen LogP contribution in [0.3, 0.4) is 0 Å². The summed E-state index contributed by atoms with van der Waals surface area (Å²) in [5.74, 6) is 0. The minimum Gasteiger partial charge on any atom is -0.390 e. The fourth-order valence-electron chi connectivity index (χ4n) is 2.37. The average molecular weight is 300 g/mol. The van der Waals surface area contributed by atoms with Gasteiger partial charge >= 0.3 is 0 Å². The van der Waals surface area contributed by atoms with Gasteiger partial charge in [0.1, 0.15) is 0 Å². The minimum absolute atomic E-state index is 0.0513. The Kier molecular flexibility index (Phi) is 3.55. The molecule has 1 aromatic rings. The number of ether oxygens (including phenoxy) is 2. The SMILES string of the molecule is Cc1ccc(S(=O)(=O)O[C@H]2[C@@H]3OC[C@H](C[C@@H]2O)O3)cc1. The number of hydrogen-bond acceptors (Lipinski definition) is 6. The van der Waals surface area contributed by atoms with Crippen LogP contribution < -0.4 is 0 Å². The van der Waals surface area contributed by atoms with E-state index in [1.807, 2.05) is 6.92 Å². The zero-order valence-electron chi connectivity index (χ0n) is 10.9. The lowest BCUT2D eigenvalue weighted by Gasteiger charge is -2.31. The van der Waals surface area contributed by atoms with Gasteiger partial charge in [-0.25, -0.2) is 0 Å². The van der Waals surface area contributed by atoms with Crippen LogP contribution in [-0.4, -0.2) is 44.7 Å². The first-order valence-corrected chi connectivity index (χ1v) is 7.81. The molecule has 0 spiro atoms. The average Bonchev–Trinajstić information content (AvgIpc) is 2.79. The van der Waals surface area contributed by atoms with Crippen LogP contribution in [0.1, 0.15) is 12.0 Å². The molecule has 6 nitrogen and oxygen atoms in total. The van der Waals surface area contributed by atoms with Crippen molar-refractivity contribution in [3.63, 3.8) is 0 Å². The third-order valence-corrected chi connectivity index (χ3v) is 4.80. The predicted molar refractivity (Wildman–Crippen MR) is 68.5 cm³/mol. The second-order valence-electron chi connectivity index (χ2n) is 5.09. The van der Waals surface area contributed by atoms with Crippen molar-refractivity contribution in [2.75, 3.05) is 6.61 Å². The fourth-order valence-corrected chi connectivity index (χ4v) is 3.46. The summed E-state index contributed by atoms with van der Waals surface area (Å²) >= 11 is 0. The van der Waals surface area contributed by atoms with Gasteiger partial charge in [0.2, 0.25) is 0 Å². The maximum absolute atomic E-state index is 12.2. The van der Waals surface area contributed by atoms with E-state index < -0.39 is 28.6 Å². The summed E-state index contributed by atoms with van der Waals surface area (Å²) in [6.07, 6.45) is -2.65. The summed E-state index contributed by atoms with van der Waals surface area (Å²) in [5.41, 5.74) is 0.951. The molecule has 7 heteroatoms. The van der Waals surface area contributed by atoms with Gasteiger partial charge in [0.15, 0.2) is 12.4 Å². The number of rotatable bonds is 3. The maximum Gasteiger partial charge on any atom is 0.297 e. The fraction of sp³-hybridized carbons (Fsp3) is 0.538. The van der Waals surface area contributed by atoms with E-state index >= 15 is 0 Å². The van der Waals surface area contributed by atoms with E-state index in [2.05, 4.69) is 0 Å². The Bertz CT molecular complexity index is 581. The monoisotopic (exact) mass is 300 g/mol. The molecule has 2 aliphatic heterocycles. The van der Waals surface area contributed by atoms with E-state index in [4.69, 9.17) is 13.7 Å². The first-order valence-electron chi connectivity index (χ1n) is 6.41. The number of hydrogen-bond donors (Lipinski definition) is 1. The van der Waals surface area contributed by atoms with Crippen molar-refractivity contribution in [3.8, 4) is 0 Å². The highest BCUT2D eigenvalue weighted by Gasteiger charge is 2.46. The van der Waals surface area contributed by atoms with Crippen LogP contribution in [0.4, 0.5) is 0 Å². The van der Waals surface area contributed by atoms with Crippen LogP contribution >= 0.6 is 0 Å². The van der Waals surface area contributed by atoms with Gasteiger partial charge in [-0.2, -0.15) is 8.42 Å². The lowest BCUT2D eigenvalue weighted by molar-refractivity contribution is -0.181. The number of aliphatic hydroxyl groups is 1. The van der Waals surface area contributed by atoms with E-state index in [-0.39, 0.29) is 11.0 Å². The molecule has 0 unspecified atom stereocenters. The van der Waals surface area contributed by atoms with Crippen molar-refractivity contribution in [2.24, 2.45) is 0 Å². The molecule has 2 fully saturated rings. The van der Waals surface area contributed by atoms with Gasteiger partial charge in [0.05, 0.1) is 23.7 Å². The largest absolute Gasteiger partial charge is 0.390 e. The van der Waals surface area contributed by atoms with Gasteiger partial charge in [-0.15, -0.1) is 0 Å². The number of aryl methyl sites for hydroxylation is 1. The maximum atomic E-state index is 12.2. The second kappa shape index (κ2) is 5.09. The van der Waals surface area contributed by atoms with E-state index in [1.165, 1.54) is 12.1 Å². The normalized spacial score (nSPS) is 33.3. The van der Waals surface area contributed by atoms with E-state index in [1.54, 1.807) is 12.1 Å². The molecule has 3 rings (SSSR count). The molecule has 0 amide bonds. The van der Waals surface area contributed by atoms with Crippen molar-refractivity contribution < 1.29 is 27.2 Å². The van der Waals surface area contributed by atoms with Gasteiger partial charge in [-0.3, -0.25) is 4.18 Å². The van der Waals surface area contributed by atoms with Crippen molar-refractivity contribution in [1.29, 1.82) is 0 Å². The first-order chi connectivity index (χ1) is 9.45. The van der Waals surface area contributed by atoms with Crippen LogP contribution in [0.2, 0.25) is 0 Å². The molecule has 2 bridgehead atoms. The van der Waals surface area contributed by atoms with Crippen LogP contribution in [0.5, 0.6) is 0 Å². The summed E-state index contributed by atoms with van der Waals surface area (Å²) in [6.45, 7) is 2.22. The number of fused-ring (bicyclic) bond motifs is 2. The summed E-state index contributed by atoms with van der Waals surface area (Å²) in [5, 5.41) is 9.95. The van der Waals surface area contributed by atoms with Gasteiger partial charge in [-0.05, 0) is 19.1 Å². The molecule has 0 aromatic heterocycles. The zero-order valence-corrected chi connectivity index (χ0v) is 11.7. The smallest absolute Gasteiger partial charge is 0.297 e. The molecule has 2 saturated heterocycles. The van der Waals surface area contributed by atoms with Gasteiger partial charge in [0, 0.05) is 6.42 Å². The molecule has 2 aliphatic rings. The van der Waals surface area contributed by atoms with E-state index in [0.717, 1.165) is 5.56 Å². The first kappa shape index (κ1) is 14.0. The Morgan fingerprint density at radius 1 is 1.30 bits per heavy atom. The lowest BCUT2D eigenvalue weighted by atomic mass is 10.1. The molecule has 0 saturated carbocycles. The van der Waals surface area contributed by atoms with Crippen LogP contribution in [0.15, 0.2) is 29.2 Å². The Labute approximate surface area is 117 Å². The Morgan fingerprint density at radius 2 is 2.00 bits per heavy atom. The highest BCUT2D eigenvalue weighted by molar-refractivity contribution is 7.86. The third kappa shape index (κ3) is 2.59. The van der Waals surface area contributed by atoms with E-state index in [9.17, 15) is 13.5 Å². The standard InChI is InChI=1S/C13H16O6S/c1-8-2-4-10(5-3-8)20(15,16)19-12-11(14)6-9-7-17-13(12)18-9/h2-5,9,11-14H,6-7H2,1H3/t9-,11-,12+,13+/m0/s1. The molecule has 4 atom stereocenters.